The molecule has 0 N–H and O–H groups in total. The number of nitrogens with zero attached hydrogens (tertiary/aromatic N) is 1. The first kappa shape index (κ1) is 11.9. The zero-order valence-corrected chi connectivity index (χ0v) is 10.2. The quantitative estimate of drug-likeness (QED) is 0.791. The minimum absolute atomic E-state index is 0.0343. The van der Waals surface area contributed by atoms with Crippen LogP contribution in [0.2, 0.25) is 0 Å². The molecule has 1 fully saturated rings. The minimum atomic E-state index is -0.314. The summed E-state index contributed by atoms with van der Waals surface area (Å²) in [6.07, 6.45) is -0.618. The van der Waals surface area contributed by atoms with E-state index in [9.17, 15) is 9.18 Å². The van der Waals surface area contributed by atoms with Gasteiger partial charge in [0.05, 0.1) is 6.04 Å². The molecule has 0 saturated carbocycles. The van der Waals surface area contributed by atoms with Crippen LogP contribution in [-0.2, 0) is 4.74 Å². The average Bonchev–Trinajstić information content (AvgIpc) is 2.55. The van der Waals surface area contributed by atoms with Gasteiger partial charge in [-0.1, -0.05) is 12.1 Å². The number of ether oxygens (including phenoxy) is 1. The normalized spacial score (nSPS) is 24.3. The summed E-state index contributed by atoms with van der Waals surface area (Å²) in [5, 5.41) is 0. The highest BCUT2D eigenvalue weighted by molar-refractivity contribution is 5.71. The summed E-state index contributed by atoms with van der Waals surface area (Å²) >= 11 is 0. The molecule has 1 aliphatic rings. The van der Waals surface area contributed by atoms with Crippen molar-refractivity contribution in [1.29, 1.82) is 0 Å². The molecule has 2 atom stereocenters. The Balaban J connectivity index is 2.24. The van der Waals surface area contributed by atoms with Gasteiger partial charge in [0, 0.05) is 6.04 Å². The van der Waals surface area contributed by atoms with Crippen LogP contribution in [0.25, 0.3) is 0 Å². The third kappa shape index (κ3) is 2.12. The third-order valence-corrected chi connectivity index (χ3v) is 3.07. The van der Waals surface area contributed by atoms with E-state index in [1.165, 1.54) is 12.1 Å². The first-order chi connectivity index (χ1) is 8.00. The Labute approximate surface area is 100 Å². The maximum Gasteiger partial charge on any atom is 0.411 e. The van der Waals surface area contributed by atoms with E-state index in [1.807, 2.05) is 20.8 Å². The van der Waals surface area contributed by atoms with E-state index in [0.717, 1.165) is 5.56 Å². The van der Waals surface area contributed by atoms with Crippen molar-refractivity contribution < 1.29 is 13.9 Å². The summed E-state index contributed by atoms with van der Waals surface area (Å²) in [5.41, 5.74) is 0.829. The number of benzene rings is 1. The summed E-state index contributed by atoms with van der Waals surface area (Å²) in [6.45, 7) is 5.84. The molecule has 0 radical (unpaired) electrons. The topological polar surface area (TPSA) is 29.5 Å². The maximum absolute atomic E-state index is 12.8. The van der Waals surface area contributed by atoms with Crippen LogP contribution in [0, 0.1) is 5.82 Å². The number of hydrogen-bond donors (Lipinski definition) is 0. The molecule has 0 aromatic heterocycles. The Kier molecular flexibility index (Phi) is 3.05. The molecule has 1 heterocycles. The fourth-order valence-electron chi connectivity index (χ4n) is 2.26. The van der Waals surface area contributed by atoms with Gasteiger partial charge in [0.15, 0.2) is 0 Å². The van der Waals surface area contributed by atoms with Gasteiger partial charge in [0.2, 0.25) is 0 Å². The van der Waals surface area contributed by atoms with Crippen LogP contribution in [0.1, 0.15) is 32.4 Å². The lowest BCUT2D eigenvalue weighted by Gasteiger charge is -2.24. The number of halogens is 1. The monoisotopic (exact) mass is 237 g/mol. The molecule has 1 aliphatic heterocycles. The number of hydrogen-bond acceptors (Lipinski definition) is 2. The highest BCUT2D eigenvalue weighted by Gasteiger charge is 2.40. The second-order valence-corrected chi connectivity index (χ2v) is 4.60. The van der Waals surface area contributed by atoms with Crippen molar-refractivity contribution in [1.82, 2.24) is 4.90 Å². The van der Waals surface area contributed by atoms with Gasteiger partial charge in [-0.25, -0.2) is 9.18 Å². The zero-order valence-electron chi connectivity index (χ0n) is 10.2. The van der Waals surface area contributed by atoms with E-state index < -0.39 is 0 Å². The molecule has 92 valence electrons. The smallest absolute Gasteiger partial charge is 0.411 e. The summed E-state index contributed by atoms with van der Waals surface area (Å²) in [4.78, 5) is 13.4. The van der Waals surface area contributed by atoms with Crippen molar-refractivity contribution in [2.75, 3.05) is 0 Å². The second kappa shape index (κ2) is 4.35. The van der Waals surface area contributed by atoms with Crippen molar-refractivity contribution in [3.63, 3.8) is 0 Å². The van der Waals surface area contributed by atoms with Crippen molar-refractivity contribution in [2.45, 2.75) is 39.0 Å². The fraction of sp³-hybridized carbons (Fsp3) is 0.462. The molecule has 0 aliphatic carbocycles. The molecule has 0 bridgehead atoms. The summed E-state index contributed by atoms with van der Waals surface area (Å²) in [7, 11) is 0. The van der Waals surface area contributed by atoms with Gasteiger partial charge in [0.1, 0.15) is 11.9 Å². The Bertz CT molecular complexity index is 416. The van der Waals surface area contributed by atoms with Crippen molar-refractivity contribution >= 4 is 6.09 Å². The SMILES string of the molecule is CC(C)N1C(=O)O[C@H](c2ccc(F)cc2)[C@@H]1C. The van der Waals surface area contributed by atoms with Gasteiger partial charge in [-0.3, -0.25) is 4.90 Å². The Morgan fingerprint density at radius 2 is 1.88 bits per heavy atom. The predicted molar refractivity (Wildman–Crippen MR) is 62.1 cm³/mol. The predicted octanol–water partition coefficient (Wildman–Crippen LogP) is 3.12. The Hall–Kier alpha value is -1.58. The number of carbonyl (C=O) groups excluding carboxylic acids is 1. The largest absolute Gasteiger partial charge is 0.439 e. The zero-order chi connectivity index (χ0) is 12.6. The second-order valence-electron chi connectivity index (χ2n) is 4.60. The standard InChI is InChI=1S/C13H16FNO2/c1-8(2)15-9(3)12(17-13(15)16)10-4-6-11(14)7-5-10/h4-9,12H,1-3H3/t9-,12-/m0/s1. The van der Waals surface area contributed by atoms with Gasteiger partial charge in [-0.2, -0.15) is 0 Å². The summed E-state index contributed by atoms with van der Waals surface area (Å²) in [6, 6.07) is 6.15. The molecular formula is C13H16FNO2. The lowest BCUT2D eigenvalue weighted by molar-refractivity contribution is 0.129. The van der Waals surface area contributed by atoms with E-state index in [4.69, 9.17) is 4.74 Å². The summed E-state index contributed by atoms with van der Waals surface area (Å²) in [5.74, 6) is -0.286. The van der Waals surface area contributed by atoms with Gasteiger partial charge < -0.3 is 4.74 Å². The molecule has 0 unspecified atom stereocenters. The van der Waals surface area contributed by atoms with E-state index >= 15 is 0 Å². The summed E-state index contributed by atoms with van der Waals surface area (Å²) < 4.78 is 18.2. The Morgan fingerprint density at radius 3 is 2.35 bits per heavy atom. The maximum atomic E-state index is 12.8. The minimum Gasteiger partial charge on any atom is -0.439 e. The highest BCUT2D eigenvalue weighted by atomic mass is 19.1. The van der Waals surface area contributed by atoms with Crippen LogP contribution in [0.5, 0.6) is 0 Å². The lowest BCUT2D eigenvalue weighted by atomic mass is 10.0. The third-order valence-electron chi connectivity index (χ3n) is 3.07. The van der Waals surface area contributed by atoms with Gasteiger partial charge in [0.25, 0.3) is 0 Å². The lowest BCUT2D eigenvalue weighted by Crippen LogP contribution is -2.37. The van der Waals surface area contributed by atoms with Crippen LogP contribution in [0.15, 0.2) is 24.3 Å². The molecule has 2 rings (SSSR count). The molecule has 1 saturated heterocycles. The first-order valence-electron chi connectivity index (χ1n) is 5.75. The fourth-order valence-corrected chi connectivity index (χ4v) is 2.26. The van der Waals surface area contributed by atoms with Crippen molar-refractivity contribution in [2.24, 2.45) is 0 Å². The molecule has 1 aromatic carbocycles. The van der Waals surface area contributed by atoms with Crippen LogP contribution in [0.4, 0.5) is 9.18 Å². The van der Waals surface area contributed by atoms with Gasteiger partial charge in [-0.15, -0.1) is 0 Å². The van der Waals surface area contributed by atoms with E-state index in [-0.39, 0.29) is 30.1 Å². The van der Waals surface area contributed by atoms with Crippen LogP contribution < -0.4 is 0 Å². The van der Waals surface area contributed by atoms with E-state index in [1.54, 1.807) is 17.0 Å². The number of rotatable bonds is 2. The van der Waals surface area contributed by atoms with Gasteiger partial charge >= 0.3 is 6.09 Å². The molecule has 17 heavy (non-hydrogen) atoms. The van der Waals surface area contributed by atoms with E-state index in [0.29, 0.717) is 0 Å². The molecule has 1 aromatic rings. The molecule has 3 nitrogen and oxygen atoms in total. The average molecular weight is 237 g/mol. The van der Waals surface area contributed by atoms with Crippen molar-refractivity contribution in [3.05, 3.63) is 35.6 Å². The molecular weight excluding hydrogens is 221 g/mol. The van der Waals surface area contributed by atoms with Crippen LogP contribution in [0.3, 0.4) is 0 Å². The van der Waals surface area contributed by atoms with Gasteiger partial charge in [-0.05, 0) is 38.5 Å². The van der Waals surface area contributed by atoms with Crippen LogP contribution >= 0.6 is 0 Å². The van der Waals surface area contributed by atoms with Crippen molar-refractivity contribution in [3.8, 4) is 0 Å². The Morgan fingerprint density at radius 1 is 1.29 bits per heavy atom. The number of carbonyl (C=O) groups is 1. The van der Waals surface area contributed by atoms with E-state index in [2.05, 4.69) is 0 Å². The number of amides is 1. The van der Waals surface area contributed by atoms with Crippen LogP contribution in [-0.4, -0.2) is 23.1 Å². The highest BCUT2D eigenvalue weighted by Crippen LogP contribution is 2.33. The molecule has 1 amide bonds. The number of cyclic esters (lactones) is 1. The molecule has 0 spiro atoms. The molecule has 4 heteroatoms. The first-order valence-corrected chi connectivity index (χ1v) is 5.75.